The highest BCUT2D eigenvalue weighted by Crippen LogP contribution is 1.97. The fourth-order valence-electron chi connectivity index (χ4n) is 0. The Morgan fingerprint density at radius 3 is 1.80 bits per heavy atom. The lowest BCUT2D eigenvalue weighted by Gasteiger charge is -1.88. The summed E-state index contributed by atoms with van der Waals surface area (Å²) in [7, 11) is 0. The molecule has 0 aliphatic rings. The summed E-state index contributed by atoms with van der Waals surface area (Å²) < 4.78 is 1.19. The average Bonchev–Trinajstić information content (AvgIpc) is 1.38. The first-order valence-electron chi connectivity index (χ1n) is 1.62. The Bertz CT molecular complexity index is 17.6. The van der Waals surface area contributed by atoms with Gasteiger partial charge in [-0.15, -0.1) is 0 Å². The van der Waals surface area contributed by atoms with Crippen LogP contribution in [0.25, 0.3) is 0 Å². The van der Waals surface area contributed by atoms with Crippen LogP contribution in [0.3, 0.4) is 0 Å². The maximum absolute atomic E-state index is 2.34. The molecule has 0 spiro atoms. The predicted molar refractivity (Wildman–Crippen MR) is 33.5 cm³/mol. The molecule has 0 bridgehead atoms. The molecule has 0 N–H and O–H groups in total. The van der Waals surface area contributed by atoms with Gasteiger partial charge < -0.3 is 0 Å². The fraction of sp³-hybridized carbons (Fsp3) is 0.750. The van der Waals surface area contributed by atoms with Crippen LogP contribution in [0.15, 0.2) is 0 Å². The quantitative estimate of drug-likeness (QED) is 0.431. The van der Waals surface area contributed by atoms with Crippen molar-refractivity contribution in [3.63, 3.8) is 0 Å². The summed E-state index contributed by atoms with van der Waals surface area (Å²) in [6, 6.07) is 0. The van der Waals surface area contributed by atoms with Gasteiger partial charge in [0.1, 0.15) is 0 Å². The molecular formula is C4H8I. The minimum Gasteiger partial charge on any atom is -0.0858 e. The van der Waals surface area contributed by atoms with E-state index in [9.17, 15) is 0 Å². The second kappa shape index (κ2) is 2.94. The number of hydrogen-bond donors (Lipinski definition) is 0. The molecular weight excluding hydrogens is 175 g/mol. The van der Waals surface area contributed by atoms with Gasteiger partial charge in [0.2, 0.25) is 0 Å². The fourth-order valence-corrected chi connectivity index (χ4v) is 0. The van der Waals surface area contributed by atoms with E-state index in [1.807, 2.05) is 0 Å². The Hall–Kier alpha value is 0.730. The van der Waals surface area contributed by atoms with E-state index in [-0.39, 0.29) is 0 Å². The van der Waals surface area contributed by atoms with Crippen LogP contribution in [0.4, 0.5) is 0 Å². The Balaban J connectivity index is 2.54. The van der Waals surface area contributed by atoms with E-state index >= 15 is 0 Å². The molecule has 0 aromatic carbocycles. The third-order valence-corrected chi connectivity index (χ3v) is 1.79. The first-order chi connectivity index (χ1) is 2.27. The molecule has 0 amide bonds. The molecule has 0 fully saturated rings. The third-order valence-electron chi connectivity index (χ3n) is 0.267. The molecule has 0 saturated heterocycles. The van der Waals surface area contributed by atoms with E-state index in [4.69, 9.17) is 0 Å². The highest BCUT2D eigenvalue weighted by molar-refractivity contribution is 14.1. The Morgan fingerprint density at radius 2 is 1.80 bits per heavy atom. The van der Waals surface area contributed by atoms with Crippen molar-refractivity contribution < 1.29 is 0 Å². The van der Waals surface area contributed by atoms with Gasteiger partial charge in [-0.2, -0.15) is 0 Å². The van der Waals surface area contributed by atoms with Crippen LogP contribution < -0.4 is 0 Å². The summed E-state index contributed by atoms with van der Waals surface area (Å²) in [5.74, 6) is 1.49. The van der Waals surface area contributed by atoms with Crippen molar-refractivity contribution in [3.8, 4) is 0 Å². The normalized spacial score (nSPS) is 9.60. The van der Waals surface area contributed by atoms with Crippen molar-refractivity contribution in [3.05, 3.63) is 5.92 Å². The van der Waals surface area contributed by atoms with Crippen molar-refractivity contribution in [1.29, 1.82) is 0 Å². The molecule has 5 heavy (non-hydrogen) atoms. The Labute approximate surface area is 47.1 Å². The summed E-state index contributed by atoms with van der Waals surface area (Å²) in [5, 5.41) is 0. The molecule has 0 saturated carbocycles. The van der Waals surface area contributed by atoms with Crippen LogP contribution in [0.1, 0.15) is 13.8 Å². The van der Waals surface area contributed by atoms with Gasteiger partial charge in [-0.3, -0.25) is 0 Å². The molecule has 0 aromatic heterocycles. The van der Waals surface area contributed by atoms with Gasteiger partial charge in [0.15, 0.2) is 0 Å². The Morgan fingerprint density at radius 1 is 1.60 bits per heavy atom. The van der Waals surface area contributed by atoms with E-state index in [0.717, 1.165) is 0 Å². The predicted octanol–water partition coefficient (Wildman–Crippen LogP) is 2.04. The first kappa shape index (κ1) is 5.73. The zero-order chi connectivity index (χ0) is 4.28. The minimum atomic E-state index is 1.19. The molecule has 31 valence electrons. The zero-order valence-corrected chi connectivity index (χ0v) is 5.74. The number of rotatable bonds is 1. The van der Waals surface area contributed by atoms with Crippen LogP contribution in [0.2, 0.25) is 0 Å². The lowest BCUT2D eigenvalue weighted by atomic mass is 10.3. The van der Waals surface area contributed by atoms with Gasteiger partial charge in [-0.05, 0) is 5.92 Å². The monoisotopic (exact) mass is 183 g/mol. The van der Waals surface area contributed by atoms with Crippen molar-refractivity contribution in [2.75, 3.05) is 4.43 Å². The van der Waals surface area contributed by atoms with E-state index in [0.29, 0.717) is 0 Å². The van der Waals surface area contributed by atoms with Gasteiger partial charge in [0.05, 0.1) is 0 Å². The molecule has 0 nitrogen and oxygen atoms in total. The van der Waals surface area contributed by atoms with Gasteiger partial charge in [-0.25, -0.2) is 0 Å². The van der Waals surface area contributed by atoms with Crippen LogP contribution >= 0.6 is 22.6 Å². The zero-order valence-electron chi connectivity index (χ0n) is 3.59. The summed E-state index contributed by atoms with van der Waals surface area (Å²) in [6.07, 6.45) is 0. The number of halogens is 1. The van der Waals surface area contributed by atoms with Crippen LogP contribution in [0, 0.1) is 5.92 Å². The Kier molecular flexibility index (Phi) is 3.37. The summed E-state index contributed by atoms with van der Waals surface area (Å²) in [5.41, 5.74) is 0. The maximum atomic E-state index is 2.34. The summed E-state index contributed by atoms with van der Waals surface area (Å²) >= 11 is 2.34. The highest BCUT2D eigenvalue weighted by Gasteiger charge is 1.82. The molecule has 0 atom stereocenters. The standard InChI is InChI=1S/C4H8I/c1-4(2)3-5/h3H2,1-2H3. The van der Waals surface area contributed by atoms with Crippen LogP contribution in [-0.4, -0.2) is 4.43 Å². The van der Waals surface area contributed by atoms with Crippen LogP contribution in [0.5, 0.6) is 0 Å². The lowest BCUT2D eigenvalue weighted by molar-refractivity contribution is 1.13. The van der Waals surface area contributed by atoms with Gasteiger partial charge >= 0.3 is 0 Å². The SMILES string of the molecule is C[C](C)CI. The average molecular weight is 183 g/mol. The minimum absolute atomic E-state index is 1.19. The lowest BCUT2D eigenvalue weighted by Crippen LogP contribution is -1.78. The second-order valence-electron chi connectivity index (χ2n) is 1.34. The molecule has 0 rings (SSSR count). The van der Waals surface area contributed by atoms with E-state index in [2.05, 4.69) is 36.4 Å². The second-order valence-corrected chi connectivity index (χ2v) is 2.10. The summed E-state index contributed by atoms with van der Waals surface area (Å²) in [4.78, 5) is 0. The molecule has 1 heteroatoms. The molecule has 0 heterocycles. The van der Waals surface area contributed by atoms with Crippen molar-refractivity contribution in [2.24, 2.45) is 0 Å². The van der Waals surface area contributed by atoms with E-state index in [1.54, 1.807) is 0 Å². The number of hydrogen-bond acceptors (Lipinski definition) is 0. The van der Waals surface area contributed by atoms with Gasteiger partial charge in [-0.1, -0.05) is 36.4 Å². The largest absolute Gasteiger partial charge is 0.0858 e. The summed E-state index contributed by atoms with van der Waals surface area (Å²) in [6.45, 7) is 4.26. The molecule has 0 aliphatic heterocycles. The van der Waals surface area contributed by atoms with E-state index in [1.165, 1.54) is 10.3 Å². The highest BCUT2D eigenvalue weighted by atomic mass is 127. The number of alkyl halides is 1. The molecule has 1 radical (unpaired) electrons. The van der Waals surface area contributed by atoms with Crippen molar-refractivity contribution in [1.82, 2.24) is 0 Å². The molecule has 0 unspecified atom stereocenters. The maximum Gasteiger partial charge on any atom is 0.00520 e. The molecule has 0 aliphatic carbocycles. The van der Waals surface area contributed by atoms with Crippen LogP contribution in [-0.2, 0) is 0 Å². The van der Waals surface area contributed by atoms with Gasteiger partial charge in [0.25, 0.3) is 0 Å². The first-order valence-corrected chi connectivity index (χ1v) is 3.15. The molecule has 0 aromatic rings. The smallest absolute Gasteiger partial charge is 0.00520 e. The third kappa shape index (κ3) is 4.73. The van der Waals surface area contributed by atoms with Gasteiger partial charge in [0, 0.05) is 4.43 Å². The topological polar surface area (TPSA) is 0 Å². The van der Waals surface area contributed by atoms with E-state index < -0.39 is 0 Å². The van der Waals surface area contributed by atoms with Crippen molar-refractivity contribution >= 4 is 22.6 Å². The van der Waals surface area contributed by atoms with Crippen molar-refractivity contribution in [2.45, 2.75) is 13.8 Å².